The third-order valence-electron chi connectivity index (χ3n) is 6.34. The van der Waals surface area contributed by atoms with Crippen molar-refractivity contribution in [3.63, 3.8) is 0 Å². The Kier molecular flexibility index (Phi) is 6.21. The number of rotatable bonds is 7. The molecule has 5 aromatic rings. The quantitative estimate of drug-likeness (QED) is 0.266. The Morgan fingerprint density at radius 1 is 0.971 bits per heavy atom. The highest BCUT2D eigenvalue weighted by molar-refractivity contribution is 5.89. The molecule has 0 bridgehead atoms. The third kappa shape index (κ3) is 4.61. The van der Waals surface area contributed by atoms with Gasteiger partial charge in [-0.25, -0.2) is 4.98 Å². The summed E-state index contributed by atoms with van der Waals surface area (Å²) < 4.78 is 0. The minimum Gasteiger partial charge on any atom is -0.394 e. The van der Waals surface area contributed by atoms with Gasteiger partial charge in [0.15, 0.2) is 0 Å². The number of nitrogens with one attached hydrogen (secondary N) is 3. The van der Waals surface area contributed by atoms with Crippen LogP contribution in [0, 0.1) is 13.8 Å². The summed E-state index contributed by atoms with van der Waals surface area (Å²) in [5.74, 6) is 0.491. The number of hydrogen-bond acceptors (Lipinski definition) is 4. The zero-order chi connectivity index (χ0) is 24.4. The van der Waals surface area contributed by atoms with Crippen LogP contribution in [0.25, 0.3) is 33.5 Å². The van der Waals surface area contributed by atoms with E-state index in [0.717, 1.165) is 27.7 Å². The Labute approximate surface area is 203 Å². The van der Waals surface area contributed by atoms with E-state index < -0.39 is 0 Å². The lowest BCUT2D eigenvalue weighted by atomic mass is 9.98. The molecule has 0 fully saturated rings. The number of aromatic amines is 2. The highest BCUT2D eigenvalue weighted by Gasteiger charge is 2.18. The molecule has 2 heterocycles. The molecule has 0 aliphatic rings. The van der Waals surface area contributed by atoms with E-state index in [4.69, 9.17) is 4.98 Å². The summed E-state index contributed by atoms with van der Waals surface area (Å²) in [6.07, 6.45) is 2.23. The summed E-state index contributed by atoms with van der Waals surface area (Å²) in [7, 11) is 0. The summed E-state index contributed by atoms with van der Waals surface area (Å²) >= 11 is 0. The zero-order valence-electron chi connectivity index (χ0n) is 19.8. The third-order valence-corrected chi connectivity index (χ3v) is 6.34. The maximum Gasteiger partial charge on any atom is 0.261 e. The van der Waals surface area contributed by atoms with Gasteiger partial charge in [0.1, 0.15) is 11.4 Å². The normalized spacial score (nSPS) is 12.1. The molecule has 176 valence electrons. The van der Waals surface area contributed by atoms with E-state index >= 15 is 0 Å². The van der Waals surface area contributed by atoms with Crippen LogP contribution in [-0.2, 0) is 6.42 Å². The van der Waals surface area contributed by atoms with Crippen LogP contribution in [0.2, 0.25) is 0 Å². The lowest BCUT2D eigenvalue weighted by Gasteiger charge is -2.19. The Bertz CT molecular complexity index is 1540. The minimum atomic E-state index is -0.253. The zero-order valence-corrected chi connectivity index (χ0v) is 19.8. The molecular weight excluding hydrogens is 436 g/mol. The predicted molar refractivity (Wildman–Crippen MR) is 142 cm³/mol. The molecule has 6 heteroatoms. The molecule has 1 atom stereocenters. The van der Waals surface area contributed by atoms with Gasteiger partial charge >= 0.3 is 0 Å². The largest absolute Gasteiger partial charge is 0.394 e. The average molecular weight is 465 g/mol. The fourth-order valence-electron chi connectivity index (χ4n) is 4.57. The van der Waals surface area contributed by atoms with Gasteiger partial charge in [-0.05, 0) is 66.3 Å². The van der Waals surface area contributed by atoms with Gasteiger partial charge in [0.25, 0.3) is 5.56 Å². The number of benzene rings is 3. The molecule has 0 amide bonds. The number of H-pyrrole nitrogens is 2. The Balaban J connectivity index is 1.54. The molecule has 0 saturated carbocycles. The summed E-state index contributed by atoms with van der Waals surface area (Å²) in [4.78, 5) is 23.9. The van der Waals surface area contributed by atoms with Gasteiger partial charge in [-0.15, -0.1) is 0 Å². The lowest BCUT2D eigenvalue weighted by Crippen LogP contribution is -2.28. The van der Waals surface area contributed by atoms with Crippen LogP contribution in [0.1, 0.15) is 16.7 Å². The molecule has 0 radical (unpaired) electrons. The molecule has 0 aliphatic carbocycles. The fourth-order valence-corrected chi connectivity index (χ4v) is 4.57. The number of pyridine rings is 1. The molecule has 35 heavy (non-hydrogen) atoms. The van der Waals surface area contributed by atoms with Gasteiger partial charge in [0.2, 0.25) is 0 Å². The second-order valence-corrected chi connectivity index (χ2v) is 8.90. The number of aryl methyl sites for hydroxylation is 2. The maximum absolute atomic E-state index is 12.9. The minimum absolute atomic E-state index is 0.0693. The molecule has 6 nitrogen and oxygen atoms in total. The van der Waals surface area contributed by atoms with Crippen LogP contribution >= 0.6 is 0 Å². The van der Waals surface area contributed by atoms with Crippen molar-refractivity contribution >= 4 is 16.7 Å². The van der Waals surface area contributed by atoms with Crippen LogP contribution in [0.15, 0.2) is 83.8 Å². The number of nitrogens with zero attached hydrogens (tertiary/aromatic N) is 1. The number of imidazole rings is 1. The van der Waals surface area contributed by atoms with Crippen molar-refractivity contribution in [2.24, 2.45) is 0 Å². The van der Waals surface area contributed by atoms with E-state index in [9.17, 15) is 9.90 Å². The van der Waals surface area contributed by atoms with E-state index in [0.29, 0.717) is 23.5 Å². The number of aromatic nitrogens is 3. The van der Waals surface area contributed by atoms with Gasteiger partial charge in [-0.2, -0.15) is 0 Å². The van der Waals surface area contributed by atoms with Gasteiger partial charge < -0.3 is 20.4 Å². The second kappa shape index (κ2) is 9.60. The highest BCUT2D eigenvalue weighted by Crippen LogP contribution is 2.31. The van der Waals surface area contributed by atoms with Crippen molar-refractivity contribution in [1.29, 1.82) is 0 Å². The highest BCUT2D eigenvalue weighted by atomic mass is 16.3. The number of anilines is 1. The number of hydrogen-bond donors (Lipinski definition) is 4. The summed E-state index contributed by atoms with van der Waals surface area (Å²) in [5, 5.41) is 13.4. The number of fused-ring (bicyclic) bond motifs is 1. The molecule has 0 saturated heterocycles. The van der Waals surface area contributed by atoms with Crippen molar-refractivity contribution in [3.05, 3.63) is 106 Å². The summed E-state index contributed by atoms with van der Waals surface area (Å²) in [5.41, 5.74) is 8.10. The van der Waals surface area contributed by atoms with Crippen LogP contribution in [0.3, 0.4) is 0 Å². The first-order chi connectivity index (χ1) is 17.0. The lowest BCUT2D eigenvalue weighted by molar-refractivity contribution is 0.274. The summed E-state index contributed by atoms with van der Waals surface area (Å²) in [6.45, 7) is 4.06. The molecular formula is C29H28N4O2. The average Bonchev–Trinajstić information content (AvgIpc) is 3.29. The SMILES string of the molecule is Cc1ccccc1-c1cc(C)c2nc(-c3c(N[C@H](CO)Cc4ccccc4)cc[nH]c3=O)[nH]c2c1. The van der Waals surface area contributed by atoms with Crippen molar-refractivity contribution in [1.82, 2.24) is 15.0 Å². The van der Waals surface area contributed by atoms with E-state index in [2.05, 4.69) is 46.5 Å². The van der Waals surface area contributed by atoms with Crippen LogP contribution < -0.4 is 10.9 Å². The first kappa shape index (κ1) is 22.6. The van der Waals surface area contributed by atoms with Crippen LogP contribution in [-0.4, -0.2) is 32.7 Å². The predicted octanol–water partition coefficient (Wildman–Crippen LogP) is 5.22. The van der Waals surface area contributed by atoms with Gasteiger partial charge in [0, 0.05) is 6.20 Å². The van der Waals surface area contributed by atoms with Crippen LogP contribution in [0.5, 0.6) is 0 Å². The van der Waals surface area contributed by atoms with Crippen molar-refractivity contribution in [2.75, 3.05) is 11.9 Å². The topological polar surface area (TPSA) is 93.8 Å². The first-order valence-electron chi connectivity index (χ1n) is 11.7. The molecule has 3 aromatic carbocycles. The Hall–Kier alpha value is -4.16. The first-order valence-corrected chi connectivity index (χ1v) is 11.7. The fraction of sp³-hybridized carbons (Fsp3) is 0.172. The molecule has 4 N–H and O–H groups in total. The standard InChI is InChI=1S/C29H28N4O2/c1-18-8-6-7-11-23(18)21-14-19(2)27-25(16-21)32-28(33-27)26-24(12-13-30-29(26)35)31-22(17-34)15-20-9-4-3-5-10-20/h3-14,16,22,34H,15,17H2,1-2H3,(H,32,33)(H2,30,31,35)/t22-/m0/s1. The molecule has 0 spiro atoms. The van der Waals surface area contributed by atoms with Gasteiger partial charge in [0.05, 0.1) is 29.4 Å². The Morgan fingerprint density at radius 2 is 1.74 bits per heavy atom. The molecule has 0 unspecified atom stereocenters. The van der Waals surface area contributed by atoms with Gasteiger partial charge in [-0.1, -0.05) is 54.6 Å². The summed E-state index contributed by atoms with van der Waals surface area (Å²) in [6, 6.07) is 24.0. The Morgan fingerprint density at radius 3 is 2.51 bits per heavy atom. The van der Waals surface area contributed by atoms with E-state index in [1.807, 2.05) is 55.5 Å². The molecule has 5 rings (SSSR count). The van der Waals surface area contributed by atoms with Gasteiger partial charge in [-0.3, -0.25) is 4.79 Å². The van der Waals surface area contributed by atoms with Crippen molar-refractivity contribution in [2.45, 2.75) is 26.3 Å². The van der Waals surface area contributed by atoms with E-state index in [1.54, 1.807) is 6.20 Å². The van der Waals surface area contributed by atoms with Crippen LogP contribution in [0.4, 0.5) is 5.69 Å². The number of aliphatic hydroxyl groups is 1. The monoisotopic (exact) mass is 464 g/mol. The van der Waals surface area contributed by atoms with Crippen molar-refractivity contribution < 1.29 is 5.11 Å². The van der Waals surface area contributed by atoms with E-state index in [-0.39, 0.29) is 18.2 Å². The number of aliphatic hydroxyl groups excluding tert-OH is 1. The van der Waals surface area contributed by atoms with E-state index in [1.165, 1.54) is 11.1 Å². The molecule has 2 aromatic heterocycles. The smallest absolute Gasteiger partial charge is 0.261 e. The maximum atomic E-state index is 12.9. The second-order valence-electron chi connectivity index (χ2n) is 8.90. The van der Waals surface area contributed by atoms with Crippen molar-refractivity contribution in [3.8, 4) is 22.5 Å². The molecule has 0 aliphatic heterocycles.